The highest BCUT2D eigenvalue weighted by Gasteiger charge is 2.20. The van der Waals surface area contributed by atoms with Gasteiger partial charge in [0.2, 0.25) is 0 Å². The van der Waals surface area contributed by atoms with Crippen molar-refractivity contribution in [2.75, 3.05) is 11.9 Å². The van der Waals surface area contributed by atoms with E-state index in [2.05, 4.69) is 10.3 Å². The Balaban J connectivity index is 2.14. The molecule has 0 unspecified atom stereocenters. The number of anilines is 1. The quantitative estimate of drug-likeness (QED) is 0.787. The molecule has 92 valence electrons. The lowest BCUT2D eigenvalue weighted by Crippen LogP contribution is -2.17. The molecule has 3 nitrogen and oxygen atoms in total. The van der Waals surface area contributed by atoms with Gasteiger partial charge in [-0.15, -0.1) is 0 Å². The largest absolute Gasteiger partial charge is 0.389 e. The molecule has 1 aromatic rings. The van der Waals surface area contributed by atoms with Gasteiger partial charge in [-0.05, 0) is 37.8 Å². The number of hydrogen-bond donors (Lipinski definition) is 2. The molecule has 0 amide bonds. The molecule has 17 heavy (non-hydrogen) atoms. The molecule has 0 saturated heterocycles. The zero-order valence-electron chi connectivity index (χ0n) is 10.4. The van der Waals surface area contributed by atoms with E-state index in [4.69, 9.17) is 18.0 Å². The minimum Gasteiger partial charge on any atom is -0.389 e. The third-order valence-corrected chi connectivity index (χ3v) is 3.34. The maximum absolute atomic E-state index is 5.76. The van der Waals surface area contributed by atoms with E-state index in [1.54, 1.807) is 0 Å². The van der Waals surface area contributed by atoms with Gasteiger partial charge in [-0.3, -0.25) is 0 Å². The maximum Gasteiger partial charge on any atom is 0.136 e. The third kappa shape index (κ3) is 3.16. The van der Waals surface area contributed by atoms with Gasteiger partial charge in [-0.25, -0.2) is 4.98 Å². The fourth-order valence-electron chi connectivity index (χ4n) is 2.08. The van der Waals surface area contributed by atoms with Crippen LogP contribution in [0.3, 0.4) is 0 Å². The van der Waals surface area contributed by atoms with Crippen molar-refractivity contribution < 1.29 is 0 Å². The molecule has 3 N–H and O–H groups in total. The maximum atomic E-state index is 5.76. The second-order valence-corrected chi connectivity index (χ2v) is 5.27. The molecule has 0 aliphatic heterocycles. The Labute approximate surface area is 108 Å². The zero-order chi connectivity index (χ0) is 12.4. The summed E-state index contributed by atoms with van der Waals surface area (Å²) in [7, 11) is 0. The highest BCUT2D eigenvalue weighted by atomic mass is 32.1. The number of nitrogens with one attached hydrogen (secondary N) is 1. The zero-order valence-corrected chi connectivity index (χ0v) is 11.2. The van der Waals surface area contributed by atoms with Crippen LogP contribution < -0.4 is 11.1 Å². The molecule has 0 aromatic carbocycles. The van der Waals surface area contributed by atoms with Crippen LogP contribution in [0.2, 0.25) is 0 Å². The van der Waals surface area contributed by atoms with E-state index >= 15 is 0 Å². The Morgan fingerprint density at radius 2 is 2.24 bits per heavy atom. The molecule has 1 aromatic heterocycles. The van der Waals surface area contributed by atoms with Gasteiger partial charge in [0.15, 0.2) is 0 Å². The number of aromatic nitrogens is 1. The summed E-state index contributed by atoms with van der Waals surface area (Å²) in [4.78, 5) is 4.91. The molecule has 1 aliphatic carbocycles. The Kier molecular flexibility index (Phi) is 3.62. The molecule has 1 heterocycles. The topological polar surface area (TPSA) is 50.9 Å². The normalized spacial score (nSPS) is 14.7. The third-order valence-electron chi connectivity index (χ3n) is 3.13. The average molecular weight is 249 g/mol. The lowest BCUT2D eigenvalue weighted by Gasteiger charge is -2.13. The number of aryl methyl sites for hydroxylation is 2. The first-order chi connectivity index (χ1) is 8.08. The van der Waals surface area contributed by atoms with Crippen molar-refractivity contribution in [3.05, 3.63) is 22.9 Å². The van der Waals surface area contributed by atoms with Crippen molar-refractivity contribution in [1.82, 2.24) is 4.98 Å². The van der Waals surface area contributed by atoms with E-state index in [0.29, 0.717) is 4.99 Å². The van der Waals surface area contributed by atoms with Crippen LogP contribution in [0.5, 0.6) is 0 Å². The van der Waals surface area contributed by atoms with Crippen LogP contribution in [-0.2, 0) is 0 Å². The number of pyridine rings is 1. The van der Waals surface area contributed by atoms with Gasteiger partial charge in [-0.1, -0.05) is 25.1 Å². The summed E-state index contributed by atoms with van der Waals surface area (Å²) in [5, 5.41) is 3.37. The highest BCUT2D eigenvalue weighted by molar-refractivity contribution is 7.80. The van der Waals surface area contributed by atoms with Gasteiger partial charge in [0.25, 0.3) is 0 Å². The van der Waals surface area contributed by atoms with Gasteiger partial charge in [-0.2, -0.15) is 0 Å². The Hall–Kier alpha value is -1.16. The summed E-state index contributed by atoms with van der Waals surface area (Å²) < 4.78 is 0. The van der Waals surface area contributed by atoms with Crippen molar-refractivity contribution in [3.8, 4) is 0 Å². The molecule has 1 aliphatic rings. The molecule has 0 bridgehead atoms. The van der Waals surface area contributed by atoms with Crippen molar-refractivity contribution in [1.29, 1.82) is 0 Å². The fraction of sp³-hybridized carbons (Fsp3) is 0.538. The average Bonchev–Trinajstić information content (AvgIpc) is 2.99. The summed E-state index contributed by atoms with van der Waals surface area (Å²) in [5.41, 5.74) is 8.74. The van der Waals surface area contributed by atoms with E-state index in [0.717, 1.165) is 35.1 Å². The molecule has 4 heteroatoms. The highest BCUT2D eigenvalue weighted by Crippen LogP contribution is 2.32. The number of thiocarbonyl (C=S) groups is 1. The lowest BCUT2D eigenvalue weighted by molar-refractivity contribution is 0.758. The van der Waals surface area contributed by atoms with Crippen LogP contribution in [0, 0.1) is 19.8 Å². The first kappa shape index (κ1) is 12.3. The van der Waals surface area contributed by atoms with Gasteiger partial charge in [0.05, 0.1) is 5.56 Å². The summed E-state index contributed by atoms with van der Waals surface area (Å²) in [6, 6.07) is 2.01. The number of nitrogens with zero attached hydrogens (tertiary/aromatic N) is 1. The summed E-state index contributed by atoms with van der Waals surface area (Å²) >= 11 is 5.09. The first-order valence-corrected chi connectivity index (χ1v) is 6.50. The van der Waals surface area contributed by atoms with Crippen molar-refractivity contribution in [2.24, 2.45) is 11.7 Å². The molecule has 0 spiro atoms. The van der Waals surface area contributed by atoms with Crippen LogP contribution in [0.1, 0.15) is 36.1 Å². The molecular weight excluding hydrogens is 230 g/mol. The van der Waals surface area contributed by atoms with E-state index in [1.807, 2.05) is 19.9 Å². The fourth-order valence-corrected chi connectivity index (χ4v) is 2.33. The van der Waals surface area contributed by atoms with Crippen LogP contribution in [0.15, 0.2) is 6.07 Å². The van der Waals surface area contributed by atoms with Crippen LogP contribution >= 0.6 is 12.2 Å². The van der Waals surface area contributed by atoms with Gasteiger partial charge in [0.1, 0.15) is 10.8 Å². The second-order valence-electron chi connectivity index (χ2n) is 4.83. The Morgan fingerprint density at radius 1 is 1.53 bits per heavy atom. The standard InChI is InChI=1S/C13H19N3S/c1-8-7-9(2)16-13(11(8)12(14)17)15-6-5-10-3-4-10/h7,10H,3-6H2,1-2H3,(H2,14,17)(H,15,16). The van der Waals surface area contributed by atoms with Crippen LogP contribution in [-0.4, -0.2) is 16.5 Å². The molecule has 1 fully saturated rings. The molecule has 0 atom stereocenters. The SMILES string of the molecule is Cc1cc(C)c(C(N)=S)c(NCCC2CC2)n1. The predicted molar refractivity (Wildman–Crippen MR) is 75.4 cm³/mol. The minimum absolute atomic E-state index is 0.420. The Morgan fingerprint density at radius 3 is 2.82 bits per heavy atom. The van der Waals surface area contributed by atoms with E-state index < -0.39 is 0 Å². The summed E-state index contributed by atoms with van der Waals surface area (Å²) in [6.45, 7) is 4.97. The van der Waals surface area contributed by atoms with Crippen molar-refractivity contribution in [3.63, 3.8) is 0 Å². The second kappa shape index (κ2) is 5.00. The minimum atomic E-state index is 0.420. The molecule has 2 rings (SSSR count). The molecule has 1 saturated carbocycles. The van der Waals surface area contributed by atoms with E-state index in [1.165, 1.54) is 19.3 Å². The van der Waals surface area contributed by atoms with Gasteiger partial charge in [0, 0.05) is 12.2 Å². The van der Waals surface area contributed by atoms with E-state index in [9.17, 15) is 0 Å². The molecule has 0 radical (unpaired) electrons. The summed E-state index contributed by atoms with van der Waals surface area (Å²) in [5.74, 6) is 1.76. The first-order valence-electron chi connectivity index (χ1n) is 6.10. The van der Waals surface area contributed by atoms with Crippen molar-refractivity contribution in [2.45, 2.75) is 33.1 Å². The number of nitrogens with two attached hydrogens (primary N) is 1. The number of rotatable bonds is 5. The predicted octanol–water partition coefficient (Wildman–Crippen LogP) is 2.54. The van der Waals surface area contributed by atoms with Crippen LogP contribution in [0.25, 0.3) is 0 Å². The van der Waals surface area contributed by atoms with E-state index in [-0.39, 0.29) is 0 Å². The smallest absolute Gasteiger partial charge is 0.136 e. The summed E-state index contributed by atoms with van der Waals surface area (Å²) in [6.07, 6.45) is 3.97. The Bertz CT molecular complexity index is 439. The van der Waals surface area contributed by atoms with Crippen LogP contribution in [0.4, 0.5) is 5.82 Å². The van der Waals surface area contributed by atoms with Crippen molar-refractivity contribution >= 4 is 23.0 Å². The van der Waals surface area contributed by atoms with Gasteiger partial charge < -0.3 is 11.1 Å². The lowest BCUT2D eigenvalue weighted by atomic mass is 10.1. The molecular formula is C13H19N3S. The number of hydrogen-bond acceptors (Lipinski definition) is 3. The monoisotopic (exact) mass is 249 g/mol. The van der Waals surface area contributed by atoms with Gasteiger partial charge >= 0.3 is 0 Å².